The van der Waals surface area contributed by atoms with Crippen LogP contribution < -0.4 is 15.1 Å². The molecule has 2 rings (SSSR count). The van der Waals surface area contributed by atoms with Gasteiger partial charge in [-0.15, -0.1) is 0 Å². The molecule has 0 aliphatic carbocycles. The Kier molecular flexibility index (Phi) is 6.45. The Morgan fingerprint density at radius 2 is 1.86 bits per heavy atom. The molecule has 1 aliphatic heterocycles. The molecule has 0 unspecified atom stereocenters. The summed E-state index contributed by atoms with van der Waals surface area (Å²) in [4.78, 5) is 14.9. The Morgan fingerprint density at radius 3 is 2.48 bits per heavy atom. The molecule has 1 aliphatic rings. The zero-order valence-electron chi connectivity index (χ0n) is 12.2. The number of carbonyl (C=O) groups excluding carboxylic acids is 1. The van der Waals surface area contributed by atoms with Crippen molar-refractivity contribution in [3.63, 3.8) is 0 Å². The molecule has 0 spiro atoms. The molecule has 1 amide bonds. The fourth-order valence-electron chi connectivity index (χ4n) is 2.70. The number of halogens is 1. The molecule has 0 atom stereocenters. The van der Waals surface area contributed by atoms with Gasteiger partial charge in [0.2, 0.25) is 5.91 Å². The van der Waals surface area contributed by atoms with Crippen LogP contribution in [-0.2, 0) is 4.79 Å². The topological polar surface area (TPSA) is 58.2 Å². The second-order valence-corrected chi connectivity index (χ2v) is 5.97. The van der Waals surface area contributed by atoms with E-state index in [2.05, 4.69) is 5.32 Å². The second kappa shape index (κ2) is 8.34. The number of aliphatic hydroxyl groups excluding tert-OH is 1. The summed E-state index contributed by atoms with van der Waals surface area (Å²) < 4.78 is 0. The maximum Gasteiger partial charge on any atom is 0.230 e. The van der Waals surface area contributed by atoms with Crippen molar-refractivity contribution in [2.45, 2.75) is 6.42 Å². The second-order valence-electron chi connectivity index (χ2n) is 5.53. The first-order valence-corrected chi connectivity index (χ1v) is 7.88. The molecule has 4 N–H and O–H groups in total. The van der Waals surface area contributed by atoms with E-state index in [1.54, 1.807) is 12.1 Å². The average molecular weight is 314 g/mol. The van der Waals surface area contributed by atoms with Crippen molar-refractivity contribution in [3.8, 4) is 0 Å². The van der Waals surface area contributed by atoms with Crippen molar-refractivity contribution in [2.75, 3.05) is 51.2 Å². The van der Waals surface area contributed by atoms with E-state index in [0.717, 1.165) is 45.0 Å². The van der Waals surface area contributed by atoms with Crippen molar-refractivity contribution in [1.82, 2.24) is 0 Å². The van der Waals surface area contributed by atoms with E-state index in [1.807, 2.05) is 12.1 Å². The number of piperazine rings is 1. The molecule has 0 aromatic heterocycles. The summed E-state index contributed by atoms with van der Waals surface area (Å²) >= 11 is 5.89. The first-order chi connectivity index (χ1) is 10.2. The molecular formula is C15H24ClN3O2+2. The van der Waals surface area contributed by atoms with Crippen LogP contribution in [0.2, 0.25) is 5.02 Å². The minimum Gasteiger partial charge on any atom is -0.391 e. The van der Waals surface area contributed by atoms with Gasteiger partial charge in [-0.3, -0.25) is 4.79 Å². The lowest BCUT2D eigenvalue weighted by Crippen LogP contribution is -3.28. The number of anilines is 1. The fraction of sp³-hybridized carbons (Fsp3) is 0.533. The van der Waals surface area contributed by atoms with Gasteiger partial charge in [0.1, 0.15) is 32.7 Å². The van der Waals surface area contributed by atoms with E-state index in [9.17, 15) is 4.79 Å². The minimum absolute atomic E-state index is 0.0369. The molecule has 6 heteroatoms. The number of quaternary nitrogens is 2. The number of hydrogen-bond acceptors (Lipinski definition) is 2. The highest BCUT2D eigenvalue weighted by molar-refractivity contribution is 6.30. The predicted octanol–water partition coefficient (Wildman–Crippen LogP) is -1.56. The zero-order valence-corrected chi connectivity index (χ0v) is 13.0. The van der Waals surface area contributed by atoms with Crippen molar-refractivity contribution < 1.29 is 19.7 Å². The summed E-state index contributed by atoms with van der Waals surface area (Å²) in [7, 11) is 0. The van der Waals surface area contributed by atoms with Crippen LogP contribution in [0.1, 0.15) is 6.42 Å². The van der Waals surface area contributed by atoms with Gasteiger partial charge in [-0.25, -0.2) is 0 Å². The predicted molar refractivity (Wildman–Crippen MR) is 82.9 cm³/mol. The van der Waals surface area contributed by atoms with Crippen LogP contribution in [0.4, 0.5) is 5.69 Å². The van der Waals surface area contributed by atoms with Crippen LogP contribution in [-0.4, -0.2) is 56.9 Å². The highest BCUT2D eigenvalue weighted by Gasteiger charge is 2.22. The molecule has 0 radical (unpaired) electrons. The van der Waals surface area contributed by atoms with Crippen LogP contribution in [0, 0.1) is 0 Å². The van der Waals surface area contributed by atoms with Crippen LogP contribution in [0.3, 0.4) is 0 Å². The summed E-state index contributed by atoms with van der Waals surface area (Å²) in [6, 6.07) is 7.21. The summed E-state index contributed by atoms with van der Waals surface area (Å²) in [6.07, 6.45) is 0.525. The van der Waals surface area contributed by atoms with E-state index in [4.69, 9.17) is 16.7 Å². The highest BCUT2D eigenvalue weighted by atomic mass is 35.5. The van der Waals surface area contributed by atoms with E-state index in [0.29, 0.717) is 11.4 Å². The van der Waals surface area contributed by atoms with Crippen LogP contribution in [0.25, 0.3) is 0 Å². The number of rotatable bonds is 6. The van der Waals surface area contributed by atoms with Gasteiger partial charge in [0.25, 0.3) is 0 Å². The number of benzene rings is 1. The molecule has 1 heterocycles. The molecule has 21 heavy (non-hydrogen) atoms. The number of aliphatic hydroxyl groups is 1. The molecule has 0 saturated carbocycles. The van der Waals surface area contributed by atoms with Gasteiger partial charge >= 0.3 is 0 Å². The average Bonchev–Trinajstić information content (AvgIpc) is 2.47. The Hall–Kier alpha value is -1.14. The summed E-state index contributed by atoms with van der Waals surface area (Å²) in [6.45, 7) is 6.24. The number of carbonyl (C=O) groups is 1. The van der Waals surface area contributed by atoms with Gasteiger partial charge in [0.15, 0.2) is 0 Å². The quantitative estimate of drug-likeness (QED) is 0.514. The number of nitrogens with one attached hydrogen (secondary N) is 3. The Bertz CT molecular complexity index is 462. The van der Waals surface area contributed by atoms with E-state index >= 15 is 0 Å². The third-order valence-electron chi connectivity index (χ3n) is 3.94. The van der Waals surface area contributed by atoms with Gasteiger partial charge in [0, 0.05) is 10.7 Å². The van der Waals surface area contributed by atoms with Crippen molar-refractivity contribution >= 4 is 23.2 Å². The Balaban J connectivity index is 1.68. The summed E-state index contributed by atoms with van der Waals surface area (Å²) in [5.41, 5.74) is 0.750. The first-order valence-electron chi connectivity index (χ1n) is 7.51. The standard InChI is InChI=1S/C15H22ClN3O2/c16-13-2-1-3-14(12-13)17-15(21)4-5-18-6-8-19(9-7-18)10-11-20/h1-3,12,20H,4-11H2,(H,17,21)/p+2. The molecule has 1 fully saturated rings. The maximum absolute atomic E-state index is 11.9. The number of amides is 1. The van der Waals surface area contributed by atoms with Gasteiger partial charge in [-0.1, -0.05) is 17.7 Å². The van der Waals surface area contributed by atoms with Gasteiger partial charge < -0.3 is 20.2 Å². The van der Waals surface area contributed by atoms with Crippen molar-refractivity contribution in [2.24, 2.45) is 0 Å². The van der Waals surface area contributed by atoms with E-state index < -0.39 is 0 Å². The Labute approximate surface area is 130 Å². The normalized spacial score (nSPS) is 22.0. The molecule has 5 nitrogen and oxygen atoms in total. The lowest BCUT2D eigenvalue weighted by Gasteiger charge is -2.29. The van der Waals surface area contributed by atoms with Crippen LogP contribution in [0.5, 0.6) is 0 Å². The van der Waals surface area contributed by atoms with Crippen molar-refractivity contribution in [3.05, 3.63) is 29.3 Å². The van der Waals surface area contributed by atoms with E-state index in [1.165, 1.54) is 9.80 Å². The lowest BCUT2D eigenvalue weighted by atomic mass is 10.2. The highest BCUT2D eigenvalue weighted by Crippen LogP contribution is 2.14. The monoisotopic (exact) mass is 313 g/mol. The molecule has 116 valence electrons. The molecular weight excluding hydrogens is 290 g/mol. The van der Waals surface area contributed by atoms with Crippen molar-refractivity contribution in [1.29, 1.82) is 0 Å². The van der Waals surface area contributed by atoms with Crippen LogP contribution in [0.15, 0.2) is 24.3 Å². The number of hydrogen-bond donors (Lipinski definition) is 4. The summed E-state index contributed by atoms with van der Waals surface area (Å²) in [5.74, 6) is 0.0369. The van der Waals surface area contributed by atoms with Gasteiger partial charge in [0.05, 0.1) is 19.6 Å². The Morgan fingerprint density at radius 1 is 1.19 bits per heavy atom. The molecule has 1 saturated heterocycles. The molecule has 0 bridgehead atoms. The van der Waals surface area contributed by atoms with E-state index in [-0.39, 0.29) is 12.5 Å². The first kappa shape index (κ1) is 16.2. The maximum atomic E-state index is 11.9. The molecule has 1 aromatic carbocycles. The third kappa shape index (κ3) is 5.63. The van der Waals surface area contributed by atoms with Gasteiger partial charge in [-0.05, 0) is 18.2 Å². The summed E-state index contributed by atoms with van der Waals surface area (Å²) in [5, 5.41) is 12.4. The fourth-order valence-corrected chi connectivity index (χ4v) is 2.89. The minimum atomic E-state index is 0.0369. The zero-order chi connectivity index (χ0) is 15.1. The third-order valence-corrected chi connectivity index (χ3v) is 4.18. The van der Waals surface area contributed by atoms with Gasteiger partial charge in [-0.2, -0.15) is 0 Å². The molecule has 1 aromatic rings. The SMILES string of the molecule is O=C(CC[NH+]1CC[NH+](CCO)CC1)Nc1cccc(Cl)c1. The smallest absolute Gasteiger partial charge is 0.230 e. The lowest BCUT2D eigenvalue weighted by molar-refractivity contribution is -1.01. The largest absolute Gasteiger partial charge is 0.391 e. The van der Waals surface area contributed by atoms with Crippen LogP contribution >= 0.6 is 11.6 Å².